The van der Waals surface area contributed by atoms with E-state index in [2.05, 4.69) is 0 Å². The first kappa shape index (κ1) is 12.2. The monoisotopic (exact) mass is 254 g/mol. The third kappa shape index (κ3) is 1.67. The lowest BCUT2D eigenvalue weighted by atomic mass is 9.95. The molecule has 2 heterocycles. The number of carboxylic acid groups (broad SMARTS) is 1. The van der Waals surface area contributed by atoms with E-state index in [9.17, 15) is 19.5 Å². The minimum absolute atomic E-state index is 0.205. The van der Waals surface area contributed by atoms with Crippen LogP contribution in [0.25, 0.3) is 0 Å². The maximum Gasteiger partial charge on any atom is 0.254 e. The van der Waals surface area contributed by atoms with Crippen LogP contribution in [0.3, 0.4) is 0 Å². The summed E-state index contributed by atoms with van der Waals surface area (Å²) in [5.41, 5.74) is 0.388. The molecule has 0 aromatic carbocycles. The molecule has 2 aliphatic heterocycles. The van der Waals surface area contributed by atoms with Crippen molar-refractivity contribution in [2.45, 2.75) is 36.9 Å². The zero-order valence-electron chi connectivity index (χ0n) is 9.72. The Kier molecular flexibility index (Phi) is 2.57. The van der Waals surface area contributed by atoms with Crippen molar-refractivity contribution in [3.8, 4) is 0 Å². The van der Waals surface area contributed by atoms with Crippen LogP contribution in [0.4, 0.5) is 0 Å². The molecule has 5 nitrogen and oxygen atoms in total. The van der Waals surface area contributed by atoms with Gasteiger partial charge in [-0.05, 0) is 26.8 Å². The lowest BCUT2D eigenvalue weighted by Crippen LogP contribution is -2.61. The Balaban J connectivity index is 2.34. The van der Waals surface area contributed by atoms with E-state index in [-0.39, 0.29) is 17.1 Å². The summed E-state index contributed by atoms with van der Waals surface area (Å²) in [7, 11) is 0. The molecule has 0 radical (unpaired) electrons. The lowest BCUT2D eigenvalue weighted by molar-refractivity contribution is -0.312. The number of allylic oxidation sites excluding steroid dienone is 1. The number of carbonyl (C=O) groups excluding carboxylic acids is 3. The van der Waals surface area contributed by atoms with Crippen molar-refractivity contribution in [1.29, 1.82) is 0 Å². The molecule has 0 N–H and O–H groups in total. The molecule has 0 bridgehead atoms. The average Bonchev–Trinajstić information content (AvgIpc) is 2.43. The second kappa shape index (κ2) is 3.60. The molecule has 0 aliphatic carbocycles. The number of fused-ring (bicyclic) bond motifs is 1. The number of hydrogen-bond acceptors (Lipinski definition) is 5. The Labute approximate surface area is 103 Å². The fourth-order valence-corrected chi connectivity index (χ4v) is 3.80. The first-order chi connectivity index (χ1) is 7.75. The third-order valence-electron chi connectivity index (χ3n) is 2.93. The number of rotatable bonds is 2. The quantitative estimate of drug-likeness (QED) is 0.481. The lowest BCUT2D eigenvalue weighted by Gasteiger charge is -2.41. The molecule has 2 fully saturated rings. The summed E-state index contributed by atoms with van der Waals surface area (Å²) in [6.07, 6.45) is 1.28. The molecular formula is C11H12NO4S-. The van der Waals surface area contributed by atoms with E-state index in [1.165, 1.54) is 29.7 Å². The molecule has 6 heteroatoms. The van der Waals surface area contributed by atoms with Crippen molar-refractivity contribution in [3.05, 3.63) is 11.6 Å². The number of aliphatic carboxylic acids is 1. The number of ketones is 1. The predicted octanol–water partition coefficient (Wildman–Crippen LogP) is -0.686. The molecule has 0 aromatic rings. The summed E-state index contributed by atoms with van der Waals surface area (Å²) in [6, 6.07) is -0.936. The van der Waals surface area contributed by atoms with Crippen LogP contribution >= 0.6 is 11.8 Å². The number of β-lactam (4-membered cyclic amide) rings is 1. The van der Waals surface area contributed by atoms with Crippen molar-refractivity contribution in [2.75, 3.05) is 0 Å². The molecule has 2 saturated heterocycles. The summed E-state index contributed by atoms with van der Waals surface area (Å²) in [5, 5.41) is 10.7. The van der Waals surface area contributed by atoms with E-state index in [1.54, 1.807) is 13.8 Å². The molecule has 2 rings (SSSR count). The normalized spacial score (nSPS) is 32.3. The van der Waals surface area contributed by atoms with Crippen LogP contribution < -0.4 is 5.11 Å². The Morgan fingerprint density at radius 3 is 2.53 bits per heavy atom. The van der Waals surface area contributed by atoms with Gasteiger partial charge in [0.1, 0.15) is 5.37 Å². The van der Waals surface area contributed by atoms with Gasteiger partial charge in [-0.1, -0.05) is 0 Å². The zero-order valence-corrected chi connectivity index (χ0v) is 10.5. The van der Waals surface area contributed by atoms with Gasteiger partial charge in [0.05, 0.1) is 17.6 Å². The highest BCUT2D eigenvalue weighted by atomic mass is 32.2. The molecular weight excluding hydrogens is 242 g/mol. The first-order valence-corrected chi connectivity index (χ1v) is 6.07. The van der Waals surface area contributed by atoms with E-state index in [4.69, 9.17) is 0 Å². The zero-order chi connectivity index (χ0) is 13.0. The average molecular weight is 254 g/mol. The maximum atomic E-state index is 11.8. The van der Waals surface area contributed by atoms with Gasteiger partial charge in [0.25, 0.3) is 5.91 Å². The van der Waals surface area contributed by atoms with Crippen molar-refractivity contribution in [2.24, 2.45) is 0 Å². The number of hydrogen-bond donors (Lipinski definition) is 0. The predicted molar refractivity (Wildman–Crippen MR) is 59.9 cm³/mol. The summed E-state index contributed by atoms with van der Waals surface area (Å²) >= 11 is 1.37. The summed E-state index contributed by atoms with van der Waals surface area (Å²) in [5.74, 6) is -1.83. The van der Waals surface area contributed by atoms with Crippen molar-refractivity contribution in [3.63, 3.8) is 0 Å². The Hall–Kier alpha value is -1.30. The minimum atomic E-state index is -1.25. The van der Waals surface area contributed by atoms with Crippen molar-refractivity contribution >= 4 is 29.4 Å². The van der Waals surface area contributed by atoms with E-state index in [0.29, 0.717) is 5.57 Å². The highest BCUT2D eigenvalue weighted by molar-refractivity contribution is 8.01. The van der Waals surface area contributed by atoms with Crippen molar-refractivity contribution in [1.82, 2.24) is 4.90 Å². The highest BCUT2D eigenvalue weighted by Gasteiger charge is 2.59. The molecule has 2 atom stereocenters. The number of carbonyl (C=O) groups is 3. The summed E-state index contributed by atoms with van der Waals surface area (Å²) < 4.78 is -0.606. The minimum Gasteiger partial charge on any atom is -0.548 e. The van der Waals surface area contributed by atoms with Gasteiger partial charge in [-0.15, -0.1) is 11.8 Å². The van der Waals surface area contributed by atoms with Crippen LogP contribution in [0.15, 0.2) is 11.6 Å². The third-order valence-corrected chi connectivity index (χ3v) is 4.47. The van der Waals surface area contributed by atoms with Crippen LogP contribution in [-0.4, -0.2) is 38.7 Å². The van der Waals surface area contributed by atoms with Crippen LogP contribution in [0.2, 0.25) is 0 Å². The SMILES string of the molecule is CC(=O)/C=C1/C(=O)N2[C@@H]1SC(C)(C)[C@@H]2C(=O)[O-]. The molecule has 0 saturated carbocycles. The van der Waals surface area contributed by atoms with E-state index in [1.807, 2.05) is 0 Å². The van der Waals surface area contributed by atoms with E-state index in [0.717, 1.165) is 0 Å². The van der Waals surface area contributed by atoms with Gasteiger partial charge in [0.15, 0.2) is 5.78 Å². The number of nitrogens with zero attached hydrogens (tertiary/aromatic N) is 1. The van der Waals surface area contributed by atoms with E-state index < -0.39 is 16.8 Å². The van der Waals surface area contributed by atoms with Crippen molar-refractivity contribution < 1.29 is 19.5 Å². The molecule has 1 amide bonds. The standard InChI is InChI=1S/C11H13NO4S/c1-5(13)4-6-8(14)12-7(10(15)16)11(2,3)17-9(6)12/h4,7,9H,1-3H3,(H,15,16)/p-1/b6-4-/t7-,9+/m0/s1. The smallest absolute Gasteiger partial charge is 0.254 e. The van der Waals surface area contributed by atoms with Crippen LogP contribution in [0, 0.1) is 0 Å². The number of amides is 1. The maximum absolute atomic E-state index is 11.8. The second-order valence-corrected chi connectivity index (χ2v) is 6.45. The van der Waals surface area contributed by atoms with Gasteiger partial charge in [-0.25, -0.2) is 0 Å². The fraction of sp³-hybridized carbons (Fsp3) is 0.545. The molecule has 92 valence electrons. The van der Waals surface area contributed by atoms with Gasteiger partial charge in [-0.3, -0.25) is 9.59 Å². The molecule has 0 unspecified atom stereocenters. The molecule has 0 aromatic heterocycles. The second-order valence-electron chi connectivity index (χ2n) is 4.72. The van der Waals surface area contributed by atoms with E-state index >= 15 is 0 Å². The summed E-state index contributed by atoms with van der Waals surface area (Å²) in [6.45, 7) is 4.88. The molecule has 0 spiro atoms. The van der Waals surface area contributed by atoms with Crippen LogP contribution in [-0.2, 0) is 14.4 Å². The van der Waals surface area contributed by atoms with Crippen LogP contribution in [0.5, 0.6) is 0 Å². The largest absolute Gasteiger partial charge is 0.548 e. The molecule has 17 heavy (non-hydrogen) atoms. The van der Waals surface area contributed by atoms with Gasteiger partial charge < -0.3 is 14.8 Å². The van der Waals surface area contributed by atoms with Gasteiger partial charge in [-0.2, -0.15) is 0 Å². The fourth-order valence-electron chi connectivity index (χ4n) is 2.25. The number of thioether (sulfide) groups is 1. The van der Waals surface area contributed by atoms with Gasteiger partial charge >= 0.3 is 0 Å². The van der Waals surface area contributed by atoms with Crippen LogP contribution in [0.1, 0.15) is 20.8 Å². The first-order valence-electron chi connectivity index (χ1n) is 5.19. The van der Waals surface area contributed by atoms with Gasteiger partial charge in [0.2, 0.25) is 0 Å². The molecule has 2 aliphatic rings. The number of carboxylic acids is 1. The Morgan fingerprint density at radius 1 is 1.47 bits per heavy atom. The van der Waals surface area contributed by atoms with Gasteiger partial charge in [0, 0.05) is 4.75 Å². The highest BCUT2D eigenvalue weighted by Crippen LogP contribution is 2.52. The Bertz CT molecular complexity index is 454. The summed E-state index contributed by atoms with van der Waals surface area (Å²) in [4.78, 5) is 35.1. The topological polar surface area (TPSA) is 77.5 Å². The Morgan fingerprint density at radius 2 is 2.06 bits per heavy atom.